The SMILES string of the molecule is CC1=Cc2c(cccc2CC2CCCCC2)C1. The van der Waals surface area contributed by atoms with Gasteiger partial charge in [-0.05, 0) is 42.4 Å². The summed E-state index contributed by atoms with van der Waals surface area (Å²) < 4.78 is 0. The van der Waals surface area contributed by atoms with E-state index in [4.69, 9.17) is 0 Å². The monoisotopic (exact) mass is 226 g/mol. The fourth-order valence-corrected chi connectivity index (χ4v) is 3.48. The molecule has 0 atom stereocenters. The van der Waals surface area contributed by atoms with Gasteiger partial charge in [0, 0.05) is 0 Å². The second kappa shape index (κ2) is 4.68. The summed E-state index contributed by atoms with van der Waals surface area (Å²) in [6.45, 7) is 2.25. The van der Waals surface area contributed by atoms with Gasteiger partial charge in [0.25, 0.3) is 0 Å². The van der Waals surface area contributed by atoms with Gasteiger partial charge in [-0.25, -0.2) is 0 Å². The third-order valence-corrected chi connectivity index (χ3v) is 4.38. The molecule has 0 aliphatic heterocycles. The van der Waals surface area contributed by atoms with Crippen molar-refractivity contribution >= 4 is 6.08 Å². The zero-order valence-corrected chi connectivity index (χ0v) is 10.8. The van der Waals surface area contributed by atoms with E-state index in [2.05, 4.69) is 31.2 Å². The smallest absolute Gasteiger partial charge is 0.00605 e. The molecule has 0 N–H and O–H groups in total. The Morgan fingerprint density at radius 1 is 1.12 bits per heavy atom. The zero-order valence-electron chi connectivity index (χ0n) is 10.8. The molecule has 0 bridgehead atoms. The number of rotatable bonds is 2. The molecule has 1 aromatic rings. The number of benzene rings is 1. The van der Waals surface area contributed by atoms with Gasteiger partial charge in [-0.15, -0.1) is 0 Å². The van der Waals surface area contributed by atoms with Crippen LogP contribution in [0.25, 0.3) is 6.08 Å². The molecule has 0 heterocycles. The van der Waals surface area contributed by atoms with E-state index in [0.717, 1.165) is 5.92 Å². The first kappa shape index (κ1) is 11.1. The summed E-state index contributed by atoms with van der Waals surface area (Å²) in [4.78, 5) is 0. The number of allylic oxidation sites excluding steroid dienone is 1. The van der Waals surface area contributed by atoms with Crippen LogP contribution in [-0.2, 0) is 12.8 Å². The van der Waals surface area contributed by atoms with Crippen molar-refractivity contribution in [2.75, 3.05) is 0 Å². The Morgan fingerprint density at radius 3 is 2.76 bits per heavy atom. The van der Waals surface area contributed by atoms with Crippen molar-refractivity contribution in [3.8, 4) is 0 Å². The summed E-state index contributed by atoms with van der Waals surface area (Å²) in [6, 6.07) is 6.90. The quantitative estimate of drug-likeness (QED) is 0.681. The average Bonchev–Trinajstić information content (AvgIpc) is 2.72. The van der Waals surface area contributed by atoms with Crippen molar-refractivity contribution < 1.29 is 0 Å². The lowest BCUT2D eigenvalue weighted by atomic mass is 9.83. The van der Waals surface area contributed by atoms with Crippen LogP contribution in [0.15, 0.2) is 23.8 Å². The Hall–Kier alpha value is -1.04. The highest BCUT2D eigenvalue weighted by Gasteiger charge is 2.18. The molecule has 0 radical (unpaired) electrons. The molecule has 3 rings (SSSR count). The second-order valence-electron chi connectivity index (χ2n) is 5.87. The summed E-state index contributed by atoms with van der Waals surface area (Å²) in [5, 5.41) is 0. The van der Waals surface area contributed by atoms with Crippen LogP contribution in [-0.4, -0.2) is 0 Å². The van der Waals surface area contributed by atoms with Crippen molar-refractivity contribution in [3.05, 3.63) is 40.5 Å². The van der Waals surface area contributed by atoms with Gasteiger partial charge in [0.15, 0.2) is 0 Å². The molecule has 1 aromatic carbocycles. The molecule has 2 aliphatic carbocycles. The van der Waals surface area contributed by atoms with Crippen LogP contribution >= 0.6 is 0 Å². The summed E-state index contributed by atoms with van der Waals surface area (Å²) in [5.74, 6) is 0.949. The lowest BCUT2D eigenvalue weighted by Crippen LogP contribution is -2.10. The van der Waals surface area contributed by atoms with Crippen LogP contribution in [0.1, 0.15) is 55.7 Å². The lowest BCUT2D eigenvalue weighted by molar-refractivity contribution is 0.356. The Morgan fingerprint density at radius 2 is 1.94 bits per heavy atom. The van der Waals surface area contributed by atoms with E-state index in [-0.39, 0.29) is 0 Å². The van der Waals surface area contributed by atoms with E-state index >= 15 is 0 Å². The third-order valence-electron chi connectivity index (χ3n) is 4.38. The van der Waals surface area contributed by atoms with Gasteiger partial charge < -0.3 is 0 Å². The molecule has 0 unspecified atom stereocenters. The third kappa shape index (κ3) is 2.31. The summed E-state index contributed by atoms with van der Waals surface area (Å²) >= 11 is 0. The largest absolute Gasteiger partial charge is 0.0683 e. The molecule has 0 aromatic heterocycles. The van der Waals surface area contributed by atoms with Gasteiger partial charge in [0.2, 0.25) is 0 Å². The van der Waals surface area contributed by atoms with E-state index in [9.17, 15) is 0 Å². The molecule has 0 nitrogen and oxygen atoms in total. The van der Waals surface area contributed by atoms with E-state index in [1.165, 1.54) is 50.5 Å². The van der Waals surface area contributed by atoms with Crippen molar-refractivity contribution in [2.24, 2.45) is 5.92 Å². The molecule has 0 heteroatoms. The standard InChI is InChI=1S/C17H22/c1-13-10-15-8-5-9-16(17(15)11-13)12-14-6-3-2-4-7-14/h5,8-9,11,14H,2-4,6-7,10,12H2,1H3. The van der Waals surface area contributed by atoms with Gasteiger partial charge in [0.05, 0.1) is 0 Å². The Kier molecular flexibility index (Phi) is 3.05. The maximum absolute atomic E-state index is 2.41. The van der Waals surface area contributed by atoms with Gasteiger partial charge in [-0.3, -0.25) is 0 Å². The molecule has 90 valence electrons. The minimum atomic E-state index is 0.949. The maximum atomic E-state index is 2.41. The molecule has 17 heavy (non-hydrogen) atoms. The topological polar surface area (TPSA) is 0 Å². The van der Waals surface area contributed by atoms with Crippen molar-refractivity contribution in [2.45, 2.75) is 51.9 Å². The highest BCUT2D eigenvalue weighted by Crippen LogP contribution is 2.32. The van der Waals surface area contributed by atoms with Crippen molar-refractivity contribution in [1.82, 2.24) is 0 Å². The van der Waals surface area contributed by atoms with E-state index in [1.807, 2.05) is 0 Å². The summed E-state index contributed by atoms with van der Waals surface area (Å²) in [6.07, 6.45) is 12.2. The summed E-state index contributed by atoms with van der Waals surface area (Å²) in [5.41, 5.74) is 6.23. The average molecular weight is 226 g/mol. The zero-order chi connectivity index (χ0) is 11.7. The highest BCUT2D eigenvalue weighted by atomic mass is 14.2. The van der Waals surface area contributed by atoms with Crippen LogP contribution in [0.2, 0.25) is 0 Å². The van der Waals surface area contributed by atoms with Crippen LogP contribution in [0, 0.1) is 5.92 Å². The van der Waals surface area contributed by atoms with E-state index < -0.39 is 0 Å². The van der Waals surface area contributed by atoms with Gasteiger partial charge in [0.1, 0.15) is 0 Å². The normalized spacial score (nSPS) is 20.2. The van der Waals surface area contributed by atoms with Crippen LogP contribution in [0.4, 0.5) is 0 Å². The van der Waals surface area contributed by atoms with Crippen LogP contribution in [0.3, 0.4) is 0 Å². The molecule has 1 fully saturated rings. The minimum absolute atomic E-state index is 0.949. The molecular formula is C17H22. The summed E-state index contributed by atoms with van der Waals surface area (Å²) in [7, 11) is 0. The molecule has 2 aliphatic rings. The Labute approximate surface area is 105 Å². The lowest BCUT2D eigenvalue weighted by Gasteiger charge is -2.22. The number of fused-ring (bicyclic) bond motifs is 1. The molecule has 0 saturated heterocycles. The predicted molar refractivity (Wildman–Crippen MR) is 74.1 cm³/mol. The molecule has 0 spiro atoms. The maximum Gasteiger partial charge on any atom is -0.00605 e. The van der Waals surface area contributed by atoms with Gasteiger partial charge >= 0.3 is 0 Å². The van der Waals surface area contributed by atoms with Gasteiger partial charge in [-0.1, -0.05) is 62.0 Å². The van der Waals surface area contributed by atoms with Crippen molar-refractivity contribution in [1.29, 1.82) is 0 Å². The fraction of sp³-hybridized carbons (Fsp3) is 0.529. The first-order valence-corrected chi connectivity index (χ1v) is 7.11. The van der Waals surface area contributed by atoms with Crippen LogP contribution in [0.5, 0.6) is 0 Å². The van der Waals surface area contributed by atoms with E-state index in [0.29, 0.717) is 0 Å². The molecule has 0 amide bonds. The van der Waals surface area contributed by atoms with Crippen LogP contribution < -0.4 is 0 Å². The van der Waals surface area contributed by atoms with Gasteiger partial charge in [-0.2, -0.15) is 0 Å². The first-order valence-electron chi connectivity index (χ1n) is 7.11. The number of hydrogen-bond acceptors (Lipinski definition) is 0. The first-order chi connectivity index (χ1) is 8.33. The molecule has 1 saturated carbocycles. The fourth-order valence-electron chi connectivity index (χ4n) is 3.48. The Bertz CT molecular complexity index is 433. The highest BCUT2D eigenvalue weighted by molar-refractivity contribution is 5.66. The Balaban J connectivity index is 1.81. The van der Waals surface area contributed by atoms with Crippen molar-refractivity contribution in [3.63, 3.8) is 0 Å². The molecular weight excluding hydrogens is 204 g/mol. The number of hydrogen-bond donors (Lipinski definition) is 0. The van der Waals surface area contributed by atoms with E-state index in [1.54, 1.807) is 16.7 Å². The predicted octanol–water partition coefficient (Wildman–Crippen LogP) is 4.77. The second-order valence-corrected chi connectivity index (χ2v) is 5.87. The minimum Gasteiger partial charge on any atom is -0.0683 e.